The van der Waals surface area contributed by atoms with E-state index in [1.165, 1.54) is 0 Å². The second kappa shape index (κ2) is 4.94. The fourth-order valence-electron chi connectivity index (χ4n) is 2.37. The zero-order valence-corrected chi connectivity index (χ0v) is 11.3. The van der Waals surface area contributed by atoms with Crippen LogP contribution >= 0.6 is 0 Å². The minimum atomic E-state index is -0.979. The number of carbonyl (C=O) groups is 2. The number of rotatable bonds is 3. The average Bonchev–Trinajstić information content (AvgIpc) is 2.84. The van der Waals surface area contributed by atoms with Crippen LogP contribution in [0.2, 0.25) is 0 Å². The fourth-order valence-corrected chi connectivity index (χ4v) is 2.37. The molecule has 0 unspecified atom stereocenters. The molecule has 5 nitrogen and oxygen atoms in total. The Morgan fingerprint density at radius 3 is 2.19 bits per heavy atom. The van der Waals surface area contributed by atoms with Crippen molar-refractivity contribution in [3.05, 3.63) is 47.5 Å². The predicted octanol–water partition coefficient (Wildman–Crippen LogP) is 3.20. The van der Waals surface area contributed by atoms with Crippen molar-refractivity contribution < 1.29 is 19.4 Å². The van der Waals surface area contributed by atoms with Gasteiger partial charge in [-0.05, 0) is 43.3 Å². The molecule has 0 spiro atoms. The van der Waals surface area contributed by atoms with Gasteiger partial charge in [-0.15, -0.1) is 0 Å². The lowest BCUT2D eigenvalue weighted by atomic mass is 10.1. The first kappa shape index (κ1) is 13.2. The Morgan fingerprint density at radius 1 is 1.05 bits per heavy atom. The third-order valence-electron chi connectivity index (χ3n) is 3.36. The molecule has 2 aromatic carbocycles. The van der Waals surface area contributed by atoms with E-state index in [2.05, 4.69) is 4.98 Å². The maximum atomic E-state index is 11.8. The molecule has 21 heavy (non-hydrogen) atoms. The van der Waals surface area contributed by atoms with Crippen molar-refractivity contribution >= 4 is 33.7 Å². The molecule has 3 rings (SSSR count). The van der Waals surface area contributed by atoms with Crippen molar-refractivity contribution in [3.63, 3.8) is 0 Å². The number of aromatic amines is 1. The van der Waals surface area contributed by atoms with Crippen molar-refractivity contribution in [3.8, 4) is 0 Å². The molecule has 106 valence electrons. The van der Waals surface area contributed by atoms with E-state index in [4.69, 9.17) is 9.84 Å². The van der Waals surface area contributed by atoms with E-state index in [-0.39, 0.29) is 11.5 Å². The second-order valence-corrected chi connectivity index (χ2v) is 4.67. The minimum Gasteiger partial charge on any atom is -0.478 e. The molecule has 5 heteroatoms. The second-order valence-electron chi connectivity index (χ2n) is 4.67. The number of carboxylic acid groups (broad SMARTS) is 1. The zero-order chi connectivity index (χ0) is 15.0. The summed E-state index contributed by atoms with van der Waals surface area (Å²) in [6, 6.07) is 10.1. The van der Waals surface area contributed by atoms with Gasteiger partial charge in [0.2, 0.25) is 0 Å². The molecule has 0 saturated heterocycles. The van der Waals surface area contributed by atoms with E-state index >= 15 is 0 Å². The first-order chi connectivity index (χ1) is 10.1. The van der Waals surface area contributed by atoms with Gasteiger partial charge in [0.1, 0.15) is 0 Å². The number of aromatic nitrogens is 1. The number of carboxylic acids is 1. The van der Waals surface area contributed by atoms with E-state index in [9.17, 15) is 9.59 Å². The summed E-state index contributed by atoms with van der Waals surface area (Å²) < 4.78 is 4.98. The molecule has 0 atom stereocenters. The molecule has 0 aliphatic carbocycles. The number of fused-ring (bicyclic) bond motifs is 3. The number of nitrogens with one attached hydrogen (secondary N) is 1. The van der Waals surface area contributed by atoms with Gasteiger partial charge in [0.05, 0.1) is 17.7 Å². The molecule has 1 aromatic heterocycles. The zero-order valence-electron chi connectivity index (χ0n) is 11.3. The van der Waals surface area contributed by atoms with Gasteiger partial charge >= 0.3 is 11.9 Å². The first-order valence-corrected chi connectivity index (χ1v) is 6.56. The third kappa shape index (κ3) is 2.23. The van der Waals surface area contributed by atoms with Crippen LogP contribution in [0, 0.1) is 0 Å². The number of carbonyl (C=O) groups excluding carboxylic acids is 1. The van der Waals surface area contributed by atoms with Crippen molar-refractivity contribution in [2.24, 2.45) is 0 Å². The van der Waals surface area contributed by atoms with E-state index in [1.807, 2.05) is 0 Å². The summed E-state index contributed by atoms with van der Waals surface area (Å²) in [7, 11) is 0. The number of benzene rings is 2. The highest BCUT2D eigenvalue weighted by atomic mass is 16.5. The van der Waals surface area contributed by atoms with Gasteiger partial charge in [0.25, 0.3) is 0 Å². The van der Waals surface area contributed by atoms with Crippen molar-refractivity contribution in [2.75, 3.05) is 6.61 Å². The summed E-state index contributed by atoms with van der Waals surface area (Å²) in [5, 5.41) is 10.7. The smallest absolute Gasteiger partial charge is 0.338 e. The summed E-state index contributed by atoms with van der Waals surface area (Å²) >= 11 is 0. The van der Waals surface area contributed by atoms with Crippen LogP contribution in [0.4, 0.5) is 0 Å². The molecule has 0 amide bonds. The van der Waals surface area contributed by atoms with Crippen LogP contribution in [-0.4, -0.2) is 28.6 Å². The highest BCUT2D eigenvalue weighted by Crippen LogP contribution is 2.27. The SMILES string of the molecule is CCOC(=O)c1ccc2[nH]c3ccc(C(=O)O)cc3c2c1. The van der Waals surface area contributed by atoms with Gasteiger partial charge in [-0.3, -0.25) is 0 Å². The van der Waals surface area contributed by atoms with Crippen LogP contribution in [0.1, 0.15) is 27.6 Å². The normalized spacial score (nSPS) is 10.9. The molecule has 0 fully saturated rings. The lowest BCUT2D eigenvalue weighted by Gasteiger charge is -2.01. The monoisotopic (exact) mass is 283 g/mol. The lowest BCUT2D eigenvalue weighted by Crippen LogP contribution is -2.03. The first-order valence-electron chi connectivity index (χ1n) is 6.56. The van der Waals surface area contributed by atoms with Crippen LogP contribution in [0.3, 0.4) is 0 Å². The molecular weight excluding hydrogens is 270 g/mol. The number of hydrogen-bond donors (Lipinski definition) is 2. The van der Waals surface area contributed by atoms with Gasteiger partial charge < -0.3 is 14.8 Å². The quantitative estimate of drug-likeness (QED) is 0.723. The standard InChI is InChI=1S/C16H13NO4/c1-2-21-16(20)10-4-6-14-12(8-10)11-7-9(15(18)19)3-5-13(11)17-14/h3-8,17H,2H2,1H3,(H,18,19). The molecule has 3 aromatic rings. The Labute approximate surface area is 120 Å². The number of esters is 1. The topological polar surface area (TPSA) is 79.4 Å². The Hall–Kier alpha value is -2.82. The molecule has 0 aliphatic rings. The van der Waals surface area contributed by atoms with Gasteiger partial charge in [-0.1, -0.05) is 0 Å². The fraction of sp³-hybridized carbons (Fsp3) is 0.125. The van der Waals surface area contributed by atoms with Crippen LogP contribution in [-0.2, 0) is 4.74 Å². The number of H-pyrrole nitrogens is 1. The predicted molar refractivity (Wildman–Crippen MR) is 78.7 cm³/mol. The summed E-state index contributed by atoms with van der Waals surface area (Å²) in [5.41, 5.74) is 2.34. The van der Waals surface area contributed by atoms with Crippen LogP contribution < -0.4 is 0 Å². The Kier molecular flexibility index (Phi) is 3.10. The number of aromatic carboxylic acids is 1. The van der Waals surface area contributed by atoms with E-state index in [1.54, 1.807) is 43.3 Å². The number of hydrogen-bond acceptors (Lipinski definition) is 3. The Balaban J connectivity index is 2.22. The van der Waals surface area contributed by atoms with Crippen LogP contribution in [0.5, 0.6) is 0 Å². The highest BCUT2D eigenvalue weighted by molar-refractivity contribution is 6.11. The summed E-state index contributed by atoms with van der Waals surface area (Å²) in [4.78, 5) is 26.1. The maximum Gasteiger partial charge on any atom is 0.338 e. The molecule has 0 radical (unpaired) electrons. The molecular formula is C16H13NO4. The summed E-state index contributed by atoms with van der Waals surface area (Å²) in [6.45, 7) is 2.06. The molecule has 0 saturated carbocycles. The van der Waals surface area contributed by atoms with E-state index in [0.717, 1.165) is 21.8 Å². The largest absolute Gasteiger partial charge is 0.478 e. The van der Waals surface area contributed by atoms with E-state index in [0.29, 0.717) is 12.2 Å². The Bertz CT molecular complexity index is 863. The lowest BCUT2D eigenvalue weighted by molar-refractivity contribution is 0.0526. The van der Waals surface area contributed by atoms with E-state index < -0.39 is 5.97 Å². The van der Waals surface area contributed by atoms with Gasteiger partial charge in [0.15, 0.2) is 0 Å². The minimum absolute atomic E-state index is 0.213. The van der Waals surface area contributed by atoms with Gasteiger partial charge in [-0.25, -0.2) is 9.59 Å². The summed E-state index contributed by atoms with van der Waals surface area (Å²) in [6.07, 6.45) is 0. The third-order valence-corrected chi connectivity index (χ3v) is 3.36. The Morgan fingerprint density at radius 2 is 1.62 bits per heavy atom. The van der Waals surface area contributed by atoms with Crippen LogP contribution in [0.25, 0.3) is 21.8 Å². The molecule has 0 bridgehead atoms. The molecule has 1 heterocycles. The van der Waals surface area contributed by atoms with Crippen molar-refractivity contribution in [2.45, 2.75) is 6.92 Å². The summed E-state index contributed by atoms with van der Waals surface area (Å²) in [5.74, 6) is -1.36. The van der Waals surface area contributed by atoms with Gasteiger partial charge in [-0.2, -0.15) is 0 Å². The molecule has 2 N–H and O–H groups in total. The van der Waals surface area contributed by atoms with Crippen molar-refractivity contribution in [1.29, 1.82) is 0 Å². The maximum absolute atomic E-state index is 11.8. The highest BCUT2D eigenvalue weighted by Gasteiger charge is 2.12. The average molecular weight is 283 g/mol. The number of ether oxygens (including phenoxy) is 1. The van der Waals surface area contributed by atoms with Crippen molar-refractivity contribution in [1.82, 2.24) is 4.98 Å². The molecule has 0 aliphatic heterocycles. The van der Waals surface area contributed by atoms with Crippen LogP contribution in [0.15, 0.2) is 36.4 Å². The van der Waals surface area contributed by atoms with Gasteiger partial charge in [0, 0.05) is 21.8 Å².